The standard InChI is InChI=1S/C78H48N10/c1-6-22-50(23-7-1)73-79-74(51-24-8-2-9-25-51)82-77(81-73)87-65-44-42-54(48-61(65)70-67(87)47-46-66-69(70)59-33-17-20-36-63(59)85(66)55-28-12-4-13-29-55)49-38-40-53(41-39-49)76-80-75(52-26-10-3-11-27-52)83-78(84-76)88-62-35-19-16-32-57(62)58-43-45-68-71(72(58)88)60-34-18-21-37-64(60)86(68)56-30-14-5-15-31-56/h1-48H. The van der Waals surface area contributed by atoms with Gasteiger partial charge in [0.05, 0.1) is 44.1 Å². The molecule has 0 spiro atoms. The fourth-order valence-electron chi connectivity index (χ4n) is 13.4. The van der Waals surface area contributed by atoms with E-state index in [1.807, 2.05) is 54.6 Å². The molecule has 0 N–H and O–H groups in total. The van der Waals surface area contributed by atoms with Crippen LogP contribution in [0.5, 0.6) is 0 Å². The van der Waals surface area contributed by atoms with Gasteiger partial charge in [0.1, 0.15) is 0 Å². The average Bonchev–Trinajstić information content (AvgIpc) is 1.59. The zero-order valence-electron chi connectivity index (χ0n) is 47.2. The van der Waals surface area contributed by atoms with Gasteiger partial charge in [-0.15, -0.1) is 0 Å². The minimum Gasteiger partial charge on any atom is -0.309 e. The lowest BCUT2D eigenvalue weighted by Crippen LogP contribution is -2.06. The Morgan fingerprint density at radius 2 is 0.534 bits per heavy atom. The van der Waals surface area contributed by atoms with Crippen molar-refractivity contribution in [3.8, 4) is 79.9 Å². The quantitative estimate of drug-likeness (QED) is 0.143. The van der Waals surface area contributed by atoms with E-state index in [0.29, 0.717) is 35.2 Å². The monoisotopic (exact) mass is 1120 g/mol. The predicted octanol–water partition coefficient (Wildman–Crippen LogP) is 18.8. The molecule has 18 rings (SSSR count). The lowest BCUT2D eigenvalue weighted by atomic mass is 10.00. The van der Waals surface area contributed by atoms with Crippen LogP contribution in [0.25, 0.3) is 167 Å². The first-order valence-corrected chi connectivity index (χ1v) is 29.5. The molecule has 0 saturated heterocycles. The van der Waals surface area contributed by atoms with Crippen molar-refractivity contribution in [2.45, 2.75) is 0 Å². The fourth-order valence-corrected chi connectivity index (χ4v) is 13.4. The summed E-state index contributed by atoms with van der Waals surface area (Å²) in [4.78, 5) is 31.9. The molecule has 18 aromatic rings. The van der Waals surface area contributed by atoms with Crippen molar-refractivity contribution < 1.29 is 0 Å². The highest BCUT2D eigenvalue weighted by Crippen LogP contribution is 2.45. The van der Waals surface area contributed by atoms with E-state index < -0.39 is 0 Å². The number of nitrogens with zero attached hydrogens (tertiary/aromatic N) is 10. The Morgan fingerprint density at radius 3 is 1.06 bits per heavy atom. The van der Waals surface area contributed by atoms with Gasteiger partial charge >= 0.3 is 0 Å². The first-order valence-electron chi connectivity index (χ1n) is 29.5. The largest absolute Gasteiger partial charge is 0.309 e. The van der Waals surface area contributed by atoms with Crippen LogP contribution in [-0.4, -0.2) is 48.2 Å². The Kier molecular flexibility index (Phi) is 11.1. The molecule has 10 heteroatoms. The summed E-state index contributed by atoms with van der Waals surface area (Å²) in [6.45, 7) is 0. The van der Waals surface area contributed by atoms with Crippen LogP contribution in [-0.2, 0) is 0 Å². The Bertz CT molecular complexity index is 5720. The second-order valence-electron chi connectivity index (χ2n) is 22.2. The first kappa shape index (κ1) is 49.3. The third-order valence-corrected chi connectivity index (χ3v) is 17.3. The summed E-state index contributed by atoms with van der Waals surface area (Å²) in [6.07, 6.45) is 0. The van der Waals surface area contributed by atoms with Crippen LogP contribution in [0.3, 0.4) is 0 Å². The molecule has 0 atom stereocenters. The first-order chi connectivity index (χ1) is 43.7. The summed E-state index contributed by atoms with van der Waals surface area (Å²) in [6, 6.07) is 102. The highest BCUT2D eigenvalue weighted by atomic mass is 15.2. The molecule has 6 heterocycles. The molecule has 0 aliphatic carbocycles. The van der Waals surface area contributed by atoms with Crippen LogP contribution in [0.4, 0.5) is 0 Å². The Balaban J connectivity index is 0.838. The molecule has 0 saturated carbocycles. The lowest BCUT2D eigenvalue weighted by molar-refractivity contribution is 0.953. The summed E-state index contributed by atoms with van der Waals surface area (Å²) in [5.74, 6) is 3.42. The van der Waals surface area contributed by atoms with Crippen molar-refractivity contribution in [3.63, 3.8) is 0 Å². The molecule has 10 nitrogen and oxygen atoms in total. The van der Waals surface area contributed by atoms with E-state index in [9.17, 15) is 0 Å². The zero-order valence-corrected chi connectivity index (χ0v) is 47.2. The normalized spacial score (nSPS) is 11.9. The number of fused-ring (bicyclic) bond motifs is 14. The molecule has 12 aromatic carbocycles. The highest BCUT2D eigenvalue weighted by Gasteiger charge is 2.26. The topological polar surface area (TPSA) is 97.1 Å². The molecule has 410 valence electrons. The van der Waals surface area contributed by atoms with Gasteiger partial charge in [-0.3, -0.25) is 9.13 Å². The second kappa shape index (κ2) is 19.7. The number of hydrogen-bond acceptors (Lipinski definition) is 6. The number of hydrogen-bond donors (Lipinski definition) is 0. The molecule has 0 aliphatic heterocycles. The van der Waals surface area contributed by atoms with Gasteiger partial charge in [-0.05, 0) is 83.9 Å². The van der Waals surface area contributed by atoms with E-state index in [2.05, 4.69) is 255 Å². The van der Waals surface area contributed by atoms with Crippen LogP contribution < -0.4 is 0 Å². The smallest absolute Gasteiger partial charge is 0.238 e. The molecule has 0 aliphatic rings. The SMILES string of the molecule is c1ccc(-c2nc(-c3ccccc3)nc(-n3c4ccc(-c5ccc(-c6nc(-c7ccccc7)nc(-n7c8ccccc8c8ccc9c(c%10ccccc%10n9-c9ccccc9)c87)n6)cc5)cc4c4c5c6ccccc6n(-c6ccccc6)c5ccc43)n2)cc1. The number of benzene rings is 12. The third-order valence-electron chi connectivity index (χ3n) is 17.3. The molecule has 0 radical (unpaired) electrons. The van der Waals surface area contributed by atoms with Crippen LogP contribution in [0.15, 0.2) is 291 Å². The van der Waals surface area contributed by atoms with Gasteiger partial charge in [-0.1, -0.05) is 218 Å². The molecule has 0 bridgehead atoms. The second-order valence-corrected chi connectivity index (χ2v) is 22.2. The third kappa shape index (κ3) is 7.69. The van der Waals surface area contributed by atoms with Crippen molar-refractivity contribution in [1.29, 1.82) is 0 Å². The maximum absolute atomic E-state index is 5.47. The summed E-state index contributed by atoms with van der Waals surface area (Å²) in [5.41, 5.74) is 16.3. The number of rotatable bonds is 9. The lowest BCUT2D eigenvalue weighted by Gasteiger charge is -2.12. The zero-order chi connectivity index (χ0) is 57.8. The molecule has 0 unspecified atom stereocenters. The maximum Gasteiger partial charge on any atom is 0.238 e. The van der Waals surface area contributed by atoms with Gasteiger partial charge in [0.25, 0.3) is 0 Å². The summed E-state index contributed by atoms with van der Waals surface area (Å²) < 4.78 is 9.21. The van der Waals surface area contributed by atoms with Gasteiger partial charge in [-0.2, -0.15) is 19.9 Å². The van der Waals surface area contributed by atoms with Crippen molar-refractivity contribution in [2.75, 3.05) is 0 Å². The predicted molar refractivity (Wildman–Crippen MR) is 358 cm³/mol. The van der Waals surface area contributed by atoms with E-state index in [0.717, 1.165) is 132 Å². The molecule has 88 heavy (non-hydrogen) atoms. The van der Waals surface area contributed by atoms with Gasteiger partial charge in [0.2, 0.25) is 11.9 Å². The molecule has 0 amide bonds. The van der Waals surface area contributed by atoms with Gasteiger partial charge in [0, 0.05) is 76.7 Å². The molecular weight excluding hydrogens is 1080 g/mol. The average molecular weight is 1130 g/mol. The van der Waals surface area contributed by atoms with E-state index in [-0.39, 0.29) is 0 Å². The van der Waals surface area contributed by atoms with Gasteiger partial charge in [0.15, 0.2) is 23.3 Å². The molecule has 0 fully saturated rings. The van der Waals surface area contributed by atoms with Gasteiger partial charge < -0.3 is 9.13 Å². The maximum atomic E-state index is 5.47. The van der Waals surface area contributed by atoms with Crippen LogP contribution in [0.2, 0.25) is 0 Å². The Hall–Kier alpha value is -12.1. The Morgan fingerprint density at radius 1 is 0.193 bits per heavy atom. The van der Waals surface area contributed by atoms with E-state index in [1.165, 1.54) is 0 Å². The summed E-state index contributed by atoms with van der Waals surface area (Å²) >= 11 is 0. The van der Waals surface area contributed by atoms with Crippen molar-refractivity contribution in [3.05, 3.63) is 291 Å². The van der Waals surface area contributed by atoms with E-state index in [1.54, 1.807) is 0 Å². The fraction of sp³-hybridized carbons (Fsp3) is 0. The highest BCUT2D eigenvalue weighted by molar-refractivity contribution is 6.29. The Labute approximate surface area is 503 Å². The van der Waals surface area contributed by atoms with Crippen molar-refractivity contribution in [1.82, 2.24) is 48.2 Å². The number of para-hydroxylation sites is 5. The van der Waals surface area contributed by atoms with E-state index in [4.69, 9.17) is 29.9 Å². The summed E-state index contributed by atoms with van der Waals surface area (Å²) in [7, 11) is 0. The van der Waals surface area contributed by atoms with Crippen LogP contribution in [0, 0.1) is 0 Å². The molecule has 6 aromatic heterocycles. The van der Waals surface area contributed by atoms with Crippen LogP contribution in [0.1, 0.15) is 0 Å². The minimum absolute atomic E-state index is 0.534. The minimum atomic E-state index is 0.534. The molecular formula is C78H48N10. The van der Waals surface area contributed by atoms with Crippen LogP contribution >= 0.6 is 0 Å². The van der Waals surface area contributed by atoms with E-state index >= 15 is 0 Å². The summed E-state index contributed by atoms with van der Waals surface area (Å²) in [5, 5.41) is 9.01. The van der Waals surface area contributed by atoms with Gasteiger partial charge in [-0.25, -0.2) is 9.97 Å². The van der Waals surface area contributed by atoms with Crippen molar-refractivity contribution in [2.24, 2.45) is 0 Å². The number of aromatic nitrogens is 10. The van der Waals surface area contributed by atoms with Crippen molar-refractivity contribution >= 4 is 87.2 Å².